The van der Waals surface area contributed by atoms with Gasteiger partial charge in [0.2, 0.25) is 5.43 Å². The van der Waals surface area contributed by atoms with E-state index in [1.807, 2.05) is 4.90 Å². The Bertz CT molecular complexity index is 1110. The van der Waals surface area contributed by atoms with Crippen LogP contribution in [0.2, 0.25) is 0 Å². The number of alkyl halides is 1. The standard InChI is InChI=1S/C21H23F2N3O3/c1-10-17-12(19(27)13(20(28)29)9-26(17)16-7-14(16)22)6-15(23)18(10)25-5-2-11(8-25)21(24)3-4-21/h6,9,11,14,16H,2-5,7-8,24H2,1H3,(H,28,29)/t11-,14+,16-/m1/s1. The number of rotatable bonds is 4. The van der Waals surface area contributed by atoms with Crippen LogP contribution >= 0.6 is 0 Å². The summed E-state index contributed by atoms with van der Waals surface area (Å²) in [5, 5.41) is 9.36. The number of halogens is 2. The summed E-state index contributed by atoms with van der Waals surface area (Å²) in [5.74, 6) is -1.66. The molecule has 8 heteroatoms. The highest BCUT2D eigenvalue weighted by atomic mass is 19.1. The SMILES string of the molecule is Cc1c(N2CC[C@@H](C3(N)CC3)C2)c(F)cc2c(=O)c(C(=O)O)cn([C@@H]3C[C@@H]3F)c12. The molecule has 3 aliphatic rings. The minimum Gasteiger partial charge on any atom is -0.477 e. The van der Waals surface area contributed by atoms with Crippen molar-refractivity contribution in [1.29, 1.82) is 0 Å². The number of hydrogen-bond acceptors (Lipinski definition) is 4. The summed E-state index contributed by atoms with van der Waals surface area (Å²) in [5.41, 5.74) is 6.34. The molecule has 3 atom stereocenters. The number of aromatic carboxylic acids is 1. The number of benzene rings is 1. The number of nitrogens with zero attached hydrogens (tertiary/aromatic N) is 2. The average Bonchev–Trinajstić information content (AvgIpc) is 3.52. The van der Waals surface area contributed by atoms with Gasteiger partial charge in [-0.3, -0.25) is 4.79 Å². The van der Waals surface area contributed by atoms with E-state index >= 15 is 4.39 Å². The van der Waals surface area contributed by atoms with Crippen molar-refractivity contribution in [3.05, 3.63) is 39.4 Å². The molecule has 0 unspecified atom stereocenters. The number of nitrogens with two attached hydrogens (primary N) is 1. The first-order valence-electron chi connectivity index (χ1n) is 10.0. The van der Waals surface area contributed by atoms with Crippen molar-refractivity contribution in [1.82, 2.24) is 4.57 Å². The Balaban J connectivity index is 1.68. The molecule has 1 aromatic heterocycles. The Hall–Kier alpha value is -2.48. The predicted molar refractivity (Wildman–Crippen MR) is 105 cm³/mol. The fourth-order valence-electron chi connectivity index (χ4n) is 4.90. The van der Waals surface area contributed by atoms with Crippen LogP contribution in [0.25, 0.3) is 10.9 Å². The summed E-state index contributed by atoms with van der Waals surface area (Å²) in [4.78, 5) is 26.2. The number of aryl methyl sites for hydroxylation is 1. The lowest BCUT2D eigenvalue weighted by molar-refractivity contribution is 0.0694. The Morgan fingerprint density at radius 2 is 2.07 bits per heavy atom. The fourth-order valence-corrected chi connectivity index (χ4v) is 4.90. The lowest BCUT2D eigenvalue weighted by Crippen LogP contribution is -2.35. The van der Waals surface area contributed by atoms with Gasteiger partial charge in [-0.25, -0.2) is 13.6 Å². The van der Waals surface area contributed by atoms with E-state index in [0.717, 1.165) is 25.3 Å². The van der Waals surface area contributed by atoms with Gasteiger partial charge in [0.05, 0.1) is 17.2 Å². The molecule has 2 heterocycles. The zero-order valence-electron chi connectivity index (χ0n) is 16.1. The monoisotopic (exact) mass is 403 g/mol. The number of carbonyl (C=O) groups is 1. The molecule has 29 heavy (non-hydrogen) atoms. The van der Waals surface area contributed by atoms with Gasteiger partial charge < -0.3 is 20.3 Å². The average molecular weight is 403 g/mol. The Morgan fingerprint density at radius 3 is 2.66 bits per heavy atom. The first kappa shape index (κ1) is 18.5. The van der Waals surface area contributed by atoms with Crippen LogP contribution in [0.15, 0.2) is 17.1 Å². The van der Waals surface area contributed by atoms with Gasteiger partial charge >= 0.3 is 5.97 Å². The van der Waals surface area contributed by atoms with Gasteiger partial charge in [0.1, 0.15) is 17.6 Å². The van der Waals surface area contributed by atoms with Gasteiger partial charge in [-0.15, -0.1) is 0 Å². The number of hydrogen-bond donors (Lipinski definition) is 2. The second-order valence-electron chi connectivity index (χ2n) is 8.80. The largest absolute Gasteiger partial charge is 0.477 e. The number of pyridine rings is 1. The maximum Gasteiger partial charge on any atom is 0.341 e. The van der Waals surface area contributed by atoms with Crippen LogP contribution in [-0.2, 0) is 0 Å². The summed E-state index contributed by atoms with van der Waals surface area (Å²) >= 11 is 0. The zero-order chi connectivity index (χ0) is 20.7. The van der Waals surface area contributed by atoms with Gasteiger partial charge in [0, 0.05) is 36.6 Å². The van der Waals surface area contributed by atoms with Gasteiger partial charge in [-0.05, 0) is 43.7 Å². The number of fused-ring (bicyclic) bond motifs is 1. The molecule has 0 radical (unpaired) electrons. The molecule has 5 rings (SSSR count). The number of carboxylic acid groups (broad SMARTS) is 1. The van der Waals surface area contributed by atoms with Crippen molar-refractivity contribution < 1.29 is 18.7 Å². The fraction of sp³-hybridized carbons (Fsp3) is 0.524. The van der Waals surface area contributed by atoms with Gasteiger partial charge in [0.15, 0.2) is 0 Å². The van der Waals surface area contributed by atoms with Crippen molar-refractivity contribution in [3.63, 3.8) is 0 Å². The smallest absolute Gasteiger partial charge is 0.341 e. The van der Waals surface area contributed by atoms with E-state index in [0.29, 0.717) is 35.8 Å². The molecular weight excluding hydrogens is 380 g/mol. The van der Waals surface area contributed by atoms with Crippen molar-refractivity contribution >= 4 is 22.6 Å². The molecule has 3 N–H and O–H groups in total. The molecule has 2 aliphatic carbocycles. The molecule has 2 saturated carbocycles. The molecule has 0 spiro atoms. The Labute approximate surface area is 165 Å². The van der Waals surface area contributed by atoms with Crippen LogP contribution in [0.4, 0.5) is 14.5 Å². The summed E-state index contributed by atoms with van der Waals surface area (Å²) in [6.45, 7) is 3.03. The van der Waals surface area contributed by atoms with Crippen molar-refractivity contribution in [2.24, 2.45) is 11.7 Å². The molecule has 3 fully saturated rings. The Kier molecular flexibility index (Phi) is 3.84. The number of carboxylic acids is 1. The van der Waals surface area contributed by atoms with Gasteiger partial charge in [-0.1, -0.05) is 0 Å². The quantitative estimate of drug-likeness (QED) is 0.820. The highest BCUT2D eigenvalue weighted by Crippen LogP contribution is 2.46. The van der Waals surface area contributed by atoms with Crippen molar-refractivity contribution in [2.45, 2.75) is 50.4 Å². The molecule has 6 nitrogen and oxygen atoms in total. The summed E-state index contributed by atoms with van der Waals surface area (Å²) in [6, 6.07) is 0.583. The minimum atomic E-state index is -1.40. The third-order valence-electron chi connectivity index (χ3n) is 6.89. The third kappa shape index (κ3) is 2.76. The van der Waals surface area contributed by atoms with Crippen LogP contribution in [0, 0.1) is 18.7 Å². The van der Waals surface area contributed by atoms with E-state index in [-0.39, 0.29) is 17.3 Å². The predicted octanol–water partition coefficient (Wildman–Crippen LogP) is 2.75. The normalized spacial score (nSPS) is 27.4. The molecule has 1 aliphatic heterocycles. The molecule has 1 aromatic carbocycles. The Morgan fingerprint density at radius 1 is 1.38 bits per heavy atom. The second kappa shape index (κ2) is 6.01. The first-order valence-corrected chi connectivity index (χ1v) is 10.0. The van der Waals surface area contributed by atoms with E-state index in [9.17, 15) is 19.1 Å². The van der Waals surface area contributed by atoms with E-state index in [1.54, 1.807) is 6.92 Å². The molecule has 0 bridgehead atoms. The summed E-state index contributed by atoms with van der Waals surface area (Å²) in [7, 11) is 0. The lowest BCUT2D eigenvalue weighted by atomic mass is 9.97. The molecule has 2 aromatic rings. The maximum absolute atomic E-state index is 15.2. The number of anilines is 1. The lowest BCUT2D eigenvalue weighted by Gasteiger charge is -2.25. The summed E-state index contributed by atoms with van der Waals surface area (Å²) < 4.78 is 30.6. The molecule has 1 saturated heterocycles. The van der Waals surface area contributed by atoms with Crippen LogP contribution in [0.5, 0.6) is 0 Å². The molecular formula is C21H23F2N3O3. The van der Waals surface area contributed by atoms with Gasteiger partial charge in [0.25, 0.3) is 0 Å². The zero-order valence-corrected chi connectivity index (χ0v) is 16.1. The van der Waals surface area contributed by atoms with Crippen LogP contribution in [-0.4, -0.2) is 40.4 Å². The number of aromatic nitrogens is 1. The van der Waals surface area contributed by atoms with E-state index in [4.69, 9.17) is 5.73 Å². The first-order chi connectivity index (χ1) is 13.7. The third-order valence-corrected chi connectivity index (χ3v) is 6.89. The van der Waals surface area contributed by atoms with Crippen LogP contribution in [0.1, 0.15) is 47.6 Å². The molecule has 154 valence electrons. The minimum absolute atomic E-state index is 0.0176. The van der Waals surface area contributed by atoms with Crippen molar-refractivity contribution in [2.75, 3.05) is 18.0 Å². The van der Waals surface area contributed by atoms with Crippen LogP contribution < -0.4 is 16.1 Å². The van der Waals surface area contributed by atoms with Crippen LogP contribution in [0.3, 0.4) is 0 Å². The highest BCUT2D eigenvalue weighted by molar-refractivity contribution is 5.95. The topological polar surface area (TPSA) is 88.6 Å². The van der Waals surface area contributed by atoms with E-state index in [1.165, 1.54) is 10.8 Å². The maximum atomic E-state index is 15.2. The molecule has 0 amide bonds. The van der Waals surface area contributed by atoms with E-state index in [2.05, 4.69) is 0 Å². The highest BCUT2D eigenvalue weighted by Gasteiger charge is 2.48. The summed E-state index contributed by atoms with van der Waals surface area (Å²) in [6.07, 6.45) is 3.22. The van der Waals surface area contributed by atoms with Gasteiger partial charge in [-0.2, -0.15) is 0 Å². The van der Waals surface area contributed by atoms with Crippen molar-refractivity contribution in [3.8, 4) is 0 Å². The second-order valence-corrected chi connectivity index (χ2v) is 8.80. The van der Waals surface area contributed by atoms with E-state index < -0.39 is 35.0 Å².